The van der Waals surface area contributed by atoms with Crippen LogP contribution in [0.25, 0.3) is 16.8 Å². The lowest BCUT2D eigenvalue weighted by Crippen LogP contribution is -2.39. The molecule has 4 heterocycles. The molecule has 0 bridgehead atoms. The van der Waals surface area contributed by atoms with Crippen LogP contribution in [0.3, 0.4) is 0 Å². The molecule has 0 N–H and O–H groups in total. The maximum absolute atomic E-state index is 12.8. The highest BCUT2D eigenvalue weighted by Crippen LogP contribution is 2.28. The van der Waals surface area contributed by atoms with Crippen LogP contribution in [-0.2, 0) is 0 Å². The molecule has 1 aliphatic heterocycles. The number of carbonyl (C=O) groups excluding carboxylic acids is 1. The van der Waals surface area contributed by atoms with Crippen LogP contribution in [0.2, 0.25) is 0 Å². The first kappa shape index (κ1) is 19.7. The Morgan fingerprint density at radius 2 is 2.10 bits per heavy atom. The highest BCUT2D eigenvalue weighted by atomic mass is 32.1. The van der Waals surface area contributed by atoms with Gasteiger partial charge in [-0.2, -0.15) is 5.10 Å². The van der Waals surface area contributed by atoms with Crippen molar-refractivity contribution in [2.75, 3.05) is 20.2 Å². The van der Waals surface area contributed by atoms with Crippen LogP contribution in [0.1, 0.15) is 40.1 Å². The molecule has 8 heteroatoms. The van der Waals surface area contributed by atoms with Gasteiger partial charge in [-0.3, -0.25) is 4.79 Å². The molecule has 1 amide bonds. The summed E-state index contributed by atoms with van der Waals surface area (Å²) < 4.78 is 7.17. The van der Waals surface area contributed by atoms with Gasteiger partial charge in [-0.25, -0.2) is 14.5 Å². The van der Waals surface area contributed by atoms with Crippen LogP contribution in [0.15, 0.2) is 48.0 Å². The number of hydrogen-bond donors (Lipinski definition) is 0. The van der Waals surface area contributed by atoms with E-state index >= 15 is 0 Å². The molecule has 0 saturated carbocycles. The number of ether oxygens (including phenoxy) is 1. The zero-order valence-corrected chi connectivity index (χ0v) is 18.3. The molecule has 0 aliphatic carbocycles. The molecule has 158 valence electrons. The Balaban J connectivity index is 1.39. The number of fused-ring (bicyclic) bond motifs is 1. The smallest absolute Gasteiger partial charge is 0.273 e. The average molecular weight is 434 g/mol. The molecule has 4 aromatic rings. The topological polar surface area (TPSA) is 72.6 Å². The van der Waals surface area contributed by atoms with Gasteiger partial charge >= 0.3 is 0 Å². The molecular weight excluding hydrogens is 410 g/mol. The van der Waals surface area contributed by atoms with Gasteiger partial charge in [-0.1, -0.05) is 12.1 Å². The van der Waals surface area contributed by atoms with Crippen LogP contribution in [0.5, 0.6) is 5.75 Å². The monoisotopic (exact) mass is 433 g/mol. The maximum atomic E-state index is 12.8. The van der Waals surface area contributed by atoms with Crippen molar-refractivity contribution in [3.63, 3.8) is 0 Å². The van der Waals surface area contributed by atoms with Crippen LogP contribution in [0.4, 0.5) is 0 Å². The van der Waals surface area contributed by atoms with Crippen LogP contribution in [-0.4, -0.2) is 50.6 Å². The second kappa shape index (κ2) is 8.11. The van der Waals surface area contributed by atoms with Gasteiger partial charge in [0.25, 0.3) is 5.91 Å². The number of benzene rings is 1. The Morgan fingerprint density at radius 3 is 2.90 bits per heavy atom. The van der Waals surface area contributed by atoms with E-state index in [0.717, 1.165) is 52.7 Å². The zero-order chi connectivity index (χ0) is 21.4. The number of rotatable bonds is 4. The average Bonchev–Trinajstić information content (AvgIpc) is 3.44. The minimum atomic E-state index is -0.00174. The highest BCUT2D eigenvalue weighted by Gasteiger charge is 2.29. The summed E-state index contributed by atoms with van der Waals surface area (Å²) in [6.45, 7) is 3.29. The van der Waals surface area contributed by atoms with Gasteiger partial charge in [0.05, 0.1) is 12.1 Å². The van der Waals surface area contributed by atoms with Crippen LogP contribution < -0.4 is 4.74 Å². The Labute approximate surface area is 184 Å². The Kier molecular flexibility index (Phi) is 5.15. The lowest BCUT2D eigenvalue weighted by Gasteiger charge is -2.30. The molecule has 3 aromatic heterocycles. The number of aryl methyl sites for hydroxylation is 1. The number of likely N-dealkylation sites (tertiary alicyclic amines) is 1. The molecule has 1 aromatic carbocycles. The number of pyridine rings is 1. The molecule has 0 spiro atoms. The van der Waals surface area contributed by atoms with E-state index in [4.69, 9.17) is 14.8 Å². The van der Waals surface area contributed by atoms with E-state index in [1.165, 1.54) is 11.3 Å². The van der Waals surface area contributed by atoms with Gasteiger partial charge < -0.3 is 9.64 Å². The molecule has 1 fully saturated rings. The first-order chi connectivity index (χ1) is 15.1. The first-order valence-corrected chi connectivity index (χ1v) is 11.2. The van der Waals surface area contributed by atoms with Crippen molar-refractivity contribution in [3.8, 4) is 16.9 Å². The summed E-state index contributed by atoms with van der Waals surface area (Å²) in [5.74, 6) is 1.73. The van der Waals surface area contributed by atoms with Crippen molar-refractivity contribution in [1.29, 1.82) is 0 Å². The van der Waals surface area contributed by atoms with E-state index in [1.54, 1.807) is 7.11 Å². The fourth-order valence-corrected chi connectivity index (χ4v) is 4.63. The van der Waals surface area contributed by atoms with Crippen molar-refractivity contribution in [1.82, 2.24) is 24.5 Å². The van der Waals surface area contributed by atoms with Gasteiger partial charge in [0.2, 0.25) is 0 Å². The second-order valence-corrected chi connectivity index (χ2v) is 8.83. The summed E-state index contributed by atoms with van der Waals surface area (Å²) in [4.78, 5) is 23.8. The van der Waals surface area contributed by atoms with E-state index in [2.05, 4.69) is 4.98 Å². The molecule has 1 saturated heterocycles. The van der Waals surface area contributed by atoms with Gasteiger partial charge in [-0.15, -0.1) is 11.3 Å². The number of amides is 1. The lowest BCUT2D eigenvalue weighted by atomic mass is 9.97. The van der Waals surface area contributed by atoms with E-state index < -0.39 is 0 Å². The van der Waals surface area contributed by atoms with Crippen molar-refractivity contribution >= 4 is 22.9 Å². The SMILES string of the molecule is COc1cccc(-c2ccc3nc([C@H]4CCCN(C(=O)c5csc(C)n5)C4)nn3c2)c1. The third-order valence-corrected chi connectivity index (χ3v) is 6.44. The molecule has 5 rings (SSSR count). The fourth-order valence-electron chi connectivity index (χ4n) is 4.04. The molecule has 0 unspecified atom stereocenters. The number of nitrogens with zero attached hydrogens (tertiary/aromatic N) is 5. The van der Waals surface area contributed by atoms with Gasteiger partial charge in [-0.05, 0) is 49.6 Å². The molecule has 0 radical (unpaired) electrons. The molecule has 1 aliphatic rings. The standard InChI is InChI=1S/C23H23N5O2S/c1-15-24-20(14-31-15)23(29)27-10-4-6-18(12-27)22-25-21-9-8-17(13-28(21)26-22)16-5-3-7-19(11-16)30-2/h3,5,7-9,11,13-14,18H,4,6,10,12H2,1-2H3/t18-/m0/s1. The number of carbonyl (C=O) groups is 1. The quantitative estimate of drug-likeness (QED) is 0.483. The minimum Gasteiger partial charge on any atom is -0.497 e. The Bertz CT molecular complexity index is 1250. The maximum Gasteiger partial charge on any atom is 0.273 e. The van der Waals surface area contributed by atoms with Gasteiger partial charge in [0.1, 0.15) is 11.4 Å². The molecule has 31 heavy (non-hydrogen) atoms. The number of methoxy groups -OCH3 is 1. The number of piperidine rings is 1. The Hall–Kier alpha value is -3.26. The summed E-state index contributed by atoms with van der Waals surface area (Å²) in [7, 11) is 1.67. The van der Waals surface area contributed by atoms with E-state index in [-0.39, 0.29) is 11.8 Å². The van der Waals surface area contributed by atoms with Gasteiger partial charge in [0.15, 0.2) is 11.5 Å². The van der Waals surface area contributed by atoms with E-state index in [1.807, 2.05) is 64.3 Å². The summed E-state index contributed by atoms with van der Waals surface area (Å²) in [5.41, 5.74) is 3.45. The van der Waals surface area contributed by atoms with Crippen molar-refractivity contribution in [2.24, 2.45) is 0 Å². The summed E-state index contributed by atoms with van der Waals surface area (Å²) in [5, 5.41) is 7.50. The predicted molar refractivity (Wildman–Crippen MR) is 120 cm³/mol. The number of thiazole rings is 1. The van der Waals surface area contributed by atoms with E-state index in [9.17, 15) is 4.79 Å². The fraction of sp³-hybridized carbons (Fsp3) is 0.304. The molecule has 1 atom stereocenters. The van der Waals surface area contributed by atoms with Crippen LogP contribution >= 0.6 is 11.3 Å². The normalized spacial score (nSPS) is 16.6. The third kappa shape index (κ3) is 3.90. The minimum absolute atomic E-state index is 0.00174. The van der Waals surface area contributed by atoms with Gasteiger partial charge in [0, 0.05) is 36.1 Å². The van der Waals surface area contributed by atoms with Crippen LogP contribution in [0, 0.1) is 6.92 Å². The van der Waals surface area contributed by atoms with E-state index in [0.29, 0.717) is 12.2 Å². The third-order valence-electron chi connectivity index (χ3n) is 5.66. The van der Waals surface area contributed by atoms with Crippen molar-refractivity contribution in [2.45, 2.75) is 25.7 Å². The molecular formula is C23H23N5O2S. The number of aromatic nitrogens is 4. The summed E-state index contributed by atoms with van der Waals surface area (Å²) >= 11 is 1.50. The summed E-state index contributed by atoms with van der Waals surface area (Å²) in [6, 6.07) is 12.0. The predicted octanol–water partition coefficient (Wildman–Crippen LogP) is 4.19. The molecule has 7 nitrogen and oxygen atoms in total. The zero-order valence-electron chi connectivity index (χ0n) is 17.5. The largest absolute Gasteiger partial charge is 0.497 e. The highest BCUT2D eigenvalue weighted by molar-refractivity contribution is 7.09. The Morgan fingerprint density at radius 1 is 1.19 bits per heavy atom. The van der Waals surface area contributed by atoms with Crippen molar-refractivity contribution in [3.05, 3.63) is 64.5 Å². The summed E-state index contributed by atoms with van der Waals surface area (Å²) in [6.07, 6.45) is 3.90. The number of hydrogen-bond acceptors (Lipinski definition) is 6. The second-order valence-electron chi connectivity index (χ2n) is 7.76. The lowest BCUT2D eigenvalue weighted by molar-refractivity contribution is 0.0699. The van der Waals surface area contributed by atoms with Crippen molar-refractivity contribution < 1.29 is 9.53 Å². The first-order valence-electron chi connectivity index (χ1n) is 10.3.